The fraction of sp³-hybridized carbons (Fsp3) is 1.00. The third-order valence-electron chi connectivity index (χ3n) is 5.92. The second-order valence-electron chi connectivity index (χ2n) is 9.92. The molecule has 2 unspecified atom stereocenters. The zero-order valence-electron chi connectivity index (χ0n) is 17.1. The van der Waals surface area contributed by atoms with Crippen molar-refractivity contribution < 1.29 is 18.7 Å². The molecule has 24 heavy (non-hydrogen) atoms. The van der Waals surface area contributed by atoms with Crippen molar-refractivity contribution in [1.82, 2.24) is 0 Å². The third-order valence-corrected chi connectivity index (χ3v) is 15.4. The topological polar surface area (TPSA) is 47.9 Å². The Bertz CT molecular complexity index is 429. The molecule has 0 aromatic rings. The highest BCUT2D eigenvalue weighted by Crippen LogP contribution is 2.41. The Morgan fingerprint density at radius 1 is 0.958 bits per heavy atom. The molecule has 1 fully saturated rings. The van der Waals surface area contributed by atoms with Crippen molar-refractivity contribution >= 4 is 28.2 Å². The summed E-state index contributed by atoms with van der Waals surface area (Å²) in [6.45, 7) is 22.4. The van der Waals surface area contributed by atoms with E-state index < -0.39 is 28.3 Å². The first-order valence-corrected chi connectivity index (χ1v) is 15.0. The molecular weight excluding hydrogens is 360 g/mol. The van der Waals surface area contributed by atoms with Gasteiger partial charge in [0.15, 0.2) is 22.9 Å². The van der Waals surface area contributed by atoms with Crippen molar-refractivity contribution in [2.75, 3.05) is 6.61 Å². The molecule has 1 aliphatic rings. The Labute approximate surface area is 155 Å². The Morgan fingerprint density at radius 3 is 1.83 bits per heavy atom. The van der Waals surface area contributed by atoms with Crippen LogP contribution in [0.3, 0.4) is 0 Å². The van der Waals surface area contributed by atoms with Crippen molar-refractivity contribution in [2.45, 2.75) is 102 Å². The molecule has 0 aliphatic carbocycles. The Balaban J connectivity index is 2.86. The van der Waals surface area contributed by atoms with E-state index in [2.05, 4.69) is 67.7 Å². The van der Waals surface area contributed by atoms with Crippen LogP contribution < -0.4 is 0 Å². The van der Waals surface area contributed by atoms with Gasteiger partial charge in [0, 0.05) is 0 Å². The number of aliphatic hydroxyl groups excluding tert-OH is 1. The molecular formula is C17H37ClO4Si2. The number of halogens is 1. The van der Waals surface area contributed by atoms with E-state index in [-0.39, 0.29) is 22.3 Å². The number of ether oxygens (including phenoxy) is 1. The van der Waals surface area contributed by atoms with Gasteiger partial charge in [-0.05, 0) is 36.3 Å². The van der Waals surface area contributed by atoms with Gasteiger partial charge in [0.25, 0.3) is 0 Å². The van der Waals surface area contributed by atoms with Crippen LogP contribution in [0.15, 0.2) is 0 Å². The van der Waals surface area contributed by atoms with Crippen molar-refractivity contribution in [3.63, 3.8) is 0 Å². The summed E-state index contributed by atoms with van der Waals surface area (Å²) in [6, 6.07) is 0. The summed E-state index contributed by atoms with van der Waals surface area (Å²) < 4.78 is 18.4. The molecule has 0 aromatic carbocycles. The van der Waals surface area contributed by atoms with Gasteiger partial charge >= 0.3 is 0 Å². The molecule has 1 aliphatic heterocycles. The number of alkyl halides is 1. The van der Waals surface area contributed by atoms with Gasteiger partial charge in [-0.1, -0.05) is 41.5 Å². The molecule has 0 bridgehead atoms. The van der Waals surface area contributed by atoms with E-state index in [1.807, 2.05) is 0 Å². The predicted octanol–water partition coefficient (Wildman–Crippen LogP) is 4.72. The molecule has 1 saturated heterocycles. The average Bonchev–Trinajstić information content (AvgIpc) is 2.61. The van der Waals surface area contributed by atoms with Crippen LogP contribution in [-0.2, 0) is 13.6 Å². The molecule has 0 radical (unpaired) electrons. The van der Waals surface area contributed by atoms with Crippen LogP contribution in [0.25, 0.3) is 0 Å². The largest absolute Gasteiger partial charge is 0.414 e. The smallest absolute Gasteiger partial charge is 0.192 e. The highest BCUT2D eigenvalue weighted by Gasteiger charge is 2.50. The first kappa shape index (κ1) is 22.6. The average molecular weight is 397 g/mol. The SMILES string of the molecule is CC(C)(C)[Si](C)(C)OC[C@H]1O[C@@H](O)C(Cl)C1O[Si](C)(C)C(C)(C)C. The number of rotatable bonds is 5. The summed E-state index contributed by atoms with van der Waals surface area (Å²) in [4.78, 5) is 0. The third kappa shape index (κ3) is 5.05. The standard InChI is InChI=1S/C17H37ClO4Si2/c1-16(2,3)23(7,8)20-11-12-14(13(18)15(19)21-12)22-24(9,10)17(4,5)6/h12-15,19H,11H2,1-10H3/t12-,13?,14?,15-/m1/s1. The van der Waals surface area contributed by atoms with E-state index in [0.29, 0.717) is 6.61 Å². The van der Waals surface area contributed by atoms with Crippen LogP contribution in [0.5, 0.6) is 0 Å². The second-order valence-corrected chi connectivity index (χ2v) is 20.0. The van der Waals surface area contributed by atoms with Gasteiger partial charge in [-0.2, -0.15) is 0 Å². The van der Waals surface area contributed by atoms with E-state index in [4.69, 9.17) is 25.2 Å². The van der Waals surface area contributed by atoms with Gasteiger partial charge in [-0.3, -0.25) is 0 Å². The first-order chi connectivity index (χ1) is 10.5. The quantitative estimate of drug-likeness (QED) is 0.539. The Kier molecular flexibility index (Phi) is 6.87. The monoisotopic (exact) mass is 396 g/mol. The molecule has 1 heterocycles. The lowest BCUT2D eigenvalue weighted by atomic mass is 10.2. The Hall–Kier alpha value is 0.564. The fourth-order valence-corrected chi connectivity index (χ4v) is 4.70. The maximum atomic E-state index is 10.1. The van der Waals surface area contributed by atoms with Crippen molar-refractivity contribution in [2.24, 2.45) is 0 Å². The zero-order chi connectivity index (χ0) is 19.1. The molecule has 1 N–H and O–H groups in total. The lowest BCUT2D eigenvalue weighted by molar-refractivity contribution is -0.104. The predicted molar refractivity (Wildman–Crippen MR) is 106 cm³/mol. The number of hydrogen-bond acceptors (Lipinski definition) is 4. The van der Waals surface area contributed by atoms with E-state index in [1.165, 1.54) is 0 Å². The molecule has 0 saturated carbocycles. The van der Waals surface area contributed by atoms with Crippen LogP contribution in [0.2, 0.25) is 36.3 Å². The summed E-state index contributed by atoms with van der Waals surface area (Å²) in [5, 5.41) is 9.70. The summed E-state index contributed by atoms with van der Waals surface area (Å²) >= 11 is 6.40. The van der Waals surface area contributed by atoms with Gasteiger partial charge in [0.1, 0.15) is 11.5 Å². The minimum absolute atomic E-state index is 0.0714. The van der Waals surface area contributed by atoms with Crippen LogP contribution >= 0.6 is 11.6 Å². The summed E-state index contributed by atoms with van der Waals surface area (Å²) in [7, 11) is -3.90. The van der Waals surface area contributed by atoms with Crippen LogP contribution in [0.1, 0.15) is 41.5 Å². The van der Waals surface area contributed by atoms with Crippen LogP contribution in [0.4, 0.5) is 0 Å². The maximum Gasteiger partial charge on any atom is 0.192 e. The molecule has 7 heteroatoms. The van der Waals surface area contributed by atoms with E-state index >= 15 is 0 Å². The lowest BCUT2D eigenvalue weighted by Gasteiger charge is -2.41. The molecule has 4 nitrogen and oxygen atoms in total. The van der Waals surface area contributed by atoms with E-state index in [0.717, 1.165) is 0 Å². The molecule has 0 amide bonds. The normalized spacial score (nSPS) is 30.0. The van der Waals surface area contributed by atoms with Crippen LogP contribution in [-0.4, -0.2) is 52.2 Å². The highest BCUT2D eigenvalue weighted by molar-refractivity contribution is 6.74. The minimum atomic E-state index is -2.01. The number of aliphatic hydroxyl groups is 1. The Morgan fingerprint density at radius 2 is 1.42 bits per heavy atom. The molecule has 0 aromatic heterocycles. The zero-order valence-corrected chi connectivity index (χ0v) is 19.8. The van der Waals surface area contributed by atoms with Crippen molar-refractivity contribution in [3.05, 3.63) is 0 Å². The first-order valence-electron chi connectivity index (χ1n) is 8.79. The second kappa shape index (κ2) is 7.29. The maximum absolute atomic E-state index is 10.1. The van der Waals surface area contributed by atoms with Gasteiger partial charge in [0.2, 0.25) is 0 Å². The summed E-state index contributed by atoms with van der Waals surface area (Å²) in [6.07, 6.45) is -1.67. The van der Waals surface area contributed by atoms with Crippen molar-refractivity contribution in [1.29, 1.82) is 0 Å². The van der Waals surface area contributed by atoms with Gasteiger partial charge in [-0.15, -0.1) is 11.6 Å². The lowest BCUT2D eigenvalue weighted by Crippen LogP contribution is -2.50. The molecule has 1 rings (SSSR count). The molecule has 144 valence electrons. The summed E-state index contributed by atoms with van der Waals surface area (Å²) in [5.74, 6) is 0. The minimum Gasteiger partial charge on any atom is -0.414 e. The molecule has 4 atom stereocenters. The van der Waals surface area contributed by atoms with Crippen molar-refractivity contribution in [3.8, 4) is 0 Å². The van der Waals surface area contributed by atoms with Gasteiger partial charge in [-0.25, -0.2) is 0 Å². The van der Waals surface area contributed by atoms with E-state index in [9.17, 15) is 5.11 Å². The fourth-order valence-electron chi connectivity index (χ4n) is 2.00. The summed E-state index contributed by atoms with van der Waals surface area (Å²) in [5.41, 5.74) is 0. The highest BCUT2D eigenvalue weighted by atomic mass is 35.5. The number of hydrogen-bond donors (Lipinski definition) is 1. The van der Waals surface area contributed by atoms with E-state index in [1.54, 1.807) is 0 Å². The van der Waals surface area contributed by atoms with Crippen LogP contribution in [0, 0.1) is 0 Å². The van der Waals surface area contributed by atoms with Gasteiger partial charge < -0.3 is 18.7 Å². The molecule has 0 spiro atoms. The van der Waals surface area contributed by atoms with Gasteiger partial charge in [0.05, 0.1) is 12.7 Å².